The summed E-state index contributed by atoms with van der Waals surface area (Å²) in [6.07, 6.45) is 0. The Morgan fingerprint density at radius 1 is 0.964 bits per heavy atom. The lowest BCUT2D eigenvalue weighted by atomic mass is 10.1. The Morgan fingerprint density at radius 3 is 2.21 bits per heavy atom. The summed E-state index contributed by atoms with van der Waals surface area (Å²) in [6, 6.07) is 8.71. The van der Waals surface area contributed by atoms with Crippen molar-refractivity contribution in [3.63, 3.8) is 0 Å². The summed E-state index contributed by atoms with van der Waals surface area (Å²) < 4.78 is 30.9. The summed E-state index contributed by atoms with van der Waals surface area (Å²) in [5.74, 6) is -3.59. The number of hydrogen-bond donors (Lipinski definition) is 2. The Balaban J connectivity index is 1.86. The number of ether oxygens (including phenoxy) is 1. The van der Waals surface area contributed by atoms with Crippen LogP contribution in [0.5, 0.6) is 0 Å². The van der Waals surface area contributed by atoms with Crippen LogP contribution in [0.4, 0.5) is 13.6 Å². The lowest BCUT2D eigenvalue weighted by Crippen LogP contribution is -2.39. The average molecular weight is 390 g/mol. The minimum Gasteiger partial charge on any atom is -0.454 e. The number of Topliss-reactive ketones (excluding diaryl/α,β-unsaturated/α-hetero) is 1. The van der Waals surface area contributed by atoms with Gasteiger partial charge >= 0.3 is 12.0 Å². The molecule has 0 spiro atoms. The molecule has 28 heavy (non-hydrogen) atoms. The zero-order valence-electron chi connectivity index (χ0n) is 15.4. The van der Waals surface area contributed by atoms with E-state index in [4.69, 9.17) is 4.74 Å². The van der Waals surface area contributed by atoms with Gasteiger partial charge in [-0.05, 0) is 49.7 Å². The molecule has 2 aromatic carbocycles. The number of amides is 2. The molecule has 0 saturated carbocycles. The van der Waals surface area contributed by atoms with E-state index in [1.54, 1.807) is 12.1 Å². The number of benzene rings is 2. The first-order chi connectivity index (χ1) is 13.3. The Bertz CT molecular complexity index is 867. The number of carbonyl (C=O) groups is 3. The third kappa shape index (κ3) is 6.15. The molecule has 0 saturated heterocycles. The number of nitrogens with one attached hydrogen (secondary N) is 2. The van der Waals surface area contributed by atoms with Crippen LogP contribution < -0.4 is 10.6 Å². The molecule has 0 unspecified atom stereocenters. The second-order valence-electron chi connectivity index (χ2n) is 6.31. The molecule has 0 radical (unpaired) electrons. The molecule has 0 aliphatic carbocycles. The van der Waals surface area contributed by atoms with E-state index in [1.165, 1.54) is 12.1 Å². The summed E-state index contributed by atoms with van der Waals surface area (Å²) in [5.41, 5.74) is 0.898. The third-order valence-corrected chi connectivity index (χ3v) is 3.64. The lowest BCUT2D eigenvalue weighted by molar-refractivity contribution is 0.0474. The van der Waals surface area contributed by atoms with Crippen LogP contribution in [-0.4, -0.2) is 30.4 Å². The largest absolute Gasteiger partial charge is 0.454 e. The maximum Gasteiger partial charge on any atom is 0.338 e. The van der Waals surface area contributed by atoms with Gasteiger partial charge in [0.2, 0.25) is 0 Å². The van der Waals surface area contributed by atoms with E-state index in [2.05, 4.69) is 10.6 Å². The van der Waals surface area contributed by atoms with E-state index in [0.717, 1.165) is 23.8 Å². The molecule has 0 bridgehead atoms. The van der Waals surface area contributed by atoms with Gasteiger partial charge in [0.05, 0.1) is 5.56 Å². The first-order valence-corrected chi connectivity index (χ1v) is 8.55. The molecule has 0 fully saturated rings. The van der Waals surface area contributed by atoms with E-state index in [1.807, 2.05) is 13.8 Å². The first kappa shape index (κ1) is 21.0. The predicted octanol–water partition coefficient (Wildman–Crippen LogP) is 3.21. The highest BCUT2D eigenvalue weighted by Crippen LogP contribution is 2.11. The number of carbonyl (C=O) groups excluding carboxylic acids is 3. The van der Waals surface area contributed by atoms with E-state index in [-0.39, 0.29) is 29.7 Å². The van der Waals surface area contributed by atoms with Gasteiger partial charge in [0.1, 0.15) is 0 Å². The standard InChI is InChI=1S/C20H20F2N2O4/c1-12(2)24-20(27)23-10-13-3-5-14(6-4-13)19(26)28-11-18(25)15-7-8-16(21)17(22)9-15/h3-9,12H,10-11H2,1-2H3,(H2,23,24,27). The van der Waals surface area contributed by atoms with Gasteiger partial charge in [0.25, 0.3) is 0 Å². The monoisotopic (exact) mass is 390 g/mol. The minimum absolute atomic E-state index is 0.0197. The second-order valence-corrected chi connectivity index (χ2v) is 6.31. The molecule has 0 aliphatic heterocycles. The number of hydrogen-bond acceptors (Lipinski definition) is 4. The molecule has 8 heteroatoms. The van der Waals surface area contributed by atoms with Crippen molar-refractivity contribution in [3.8, 4) is 0 Å². The number of halogens is 2. The fraction of sp³-hybridized carbons (Fsp3) is 0.250. The molecule has 148 valence electrons. The fourth-order valence-corrected chi connectivity index (χ4v) is 2.22. The zero-order chi connectivity index (χ0) is 20.7. The normalized spacial score (nSPS) is 10.5. The molecule has 0 aliphatic rings. The third-order valence-electron chi connectivity index (χ3n) is 3.64. The van der Waals surface area contributed by atoms with Crippen molar-refractivity contribution in [1.29, 1.82) is 0 Å². The molecule has 2 aromatic rings. The summed E-state index contributed by atoms with van der Waals surface area (Å²) in [4.78, 5) is 35.5. The van der Waals surface area contributed by atoms with Crippen molar-refractivity contribution in [2.24, 2.45) is 0 Å². The fourth-order valence-electron chi connectivity index (χ4n) is 2.22. The summed E-state index contributed by atoms with van der Waals surface area (Å²) in [5, 5.41) is 5.37. The molecule has 0 atom stereocenters. The van der Waals surface area contributed by atoms with Crippen LogP contribution in [0.25, 0.3) is 0 Å². The predicted molar refractivity (Wildman–Crippen MR) is 97.9 cm³/mol. The van der Waals surface area contributed by atoms with Gasteiger partial charge in [0, 0.05) is 18.2 Å². The highest BCUT2D eigenvalue weighted by Gasteiger charge is 2.14. The molecule has 6 nitrogen and oxygen atoms in total. The topological polar surface area (TPSA) is 84.5 Å². The van der Waals surface area contributed by atoms with Gasteiger partial charge in [-0.3, -0.25) is 4.79 Å². The van der Waals surface area contributed by atoms with Gasteiger partial charge in [-0.15, -0.1) is 0 Å². The van der Waals surface area contributed by atoms with Crippen LogP contribution in [-0.2, 0) is 11.3 Å². The van der Waals surface area contributed by atoms with Crippen LogP contribution in [0.1, 0.15) is 40.1 Å². The van der Waals surface area contributed by atoms with Gasteiger partial charge in [-0.2, -0.15) is 0 Å². The smallest absolute Gasteiger partial charge is 0.338 e. The Kier molecular flexibility index (Phi) is 7.20. The molecular weight excluding hydrogens is 370 g/mol. The van der Waals surface area contributed by atoms with Crippen molar-refractivity contribution >= 4 is 17.8 Å². The number of esters is 1. The molecule has 0 aromatic heterocycles. The van der Waals surface area contributed by atoms with E-state index in [0.29, 0.717) is 0 Å². The van der Waals surface area contributed by atoms with Crippen molar-refractivity contribution in [3.05, 3.63) is 70.8 Å². The van der Waals surface area contributed by atoms with Crippen molar-refractivity contribution in [1.82, 2.24) is 10.6 Å². The van der Waals surface area contributed by atoms with Gasteiger partial charge in [-0.1, -0.05) is 12.1 Å². The van der Waals surface area contributed by atoms with Gasteiger partial charge in [0.15, 0.2) is 24.0 Å². The van der Waals surface area contributed by atoms with Crippen LogP contribution in [0, 0.1) is 11.6 Å². The molecule has 2 rings (SSSR count). The maximum absolute atomic E-state index is 13.2. The van der Waals surface area contributed by atoms with Gasteiger partial charge in [-0.25, -0.2) is 18.4 Å². The molecule has 2 N–H and O–H groups in total. The van der Waals surface area contributed by atoms with Crippen LogP contribution in [0.3, 0.4) is 0 Å². The Labute approximate surface area is 160 Å². The van der Waals surface area contributed by atoms with Crippen LogP contribution in [0.15, 0.2) is 42.5 Å². The lowest BCUT2D eigenvalue weighted by Gasteiger charge is -2.10. The first-order valence-electron chi connectivity index (χ1n) is 8.55. The maximum atomic E-state index is 13.2. The highest BCUT2D eigenvalue weighted by molar-refractivity contribution is 5.99. The van der Waals surface area contributed by atoms with E-state index < -0.39 is 30.0 Å². The van der Waals surface area contributed by atoms with Gasteiger partial charge < -0.3 is 15.4 Å². The van der Waals surface area contributed by atoms with Crippen molar-refractivity contribution < 1.29 is 27.9 Å². The number of rotatable bonds is 7. The summed E-state index contributed by atoms with van der Waals surface area (Å²) >= 11 is 0. The molecule has 0 heterocycles. The second kappa shape index (κ2) is 9.59. The molecule has 2 amide bonds. The van der Waals surface area contributed by atoms with E-state index in [9.17, 15) is 23.2 Å². The van der Waals surface area contributed by atoms with E-state index >= 15 is 0 Å². The SMILES string of the molecule is CC(C)NC(=O)NCc1ccc(C(=O)OCC(=O)c2ccc(F)c(F)c2)cc1. The summed E-state index contributed by atoms with van der Waals surface area (Å²) in [6.45, 7) is 3.37. The van der Waals surface area contributed by atoms with Crippen LogP contribution >= 0.6 is 0 Å². The van der Waals surface area contributed by atoms with Crippen molar-refractivity contribution in [2.45, 2.75) is 26.4 Å². The average Bonchev–Trinajstić information content (AvgIpc) is 2.66. The molecular formula is C20H20F2N2O4. The number of ketones is 1. The number of urea groups is 1. The Morgan fingerprint density at radius 2 is 1.61 bits per heavy atom. The quantitative estimate of drug-likeness (QED) is 0.562. The zero-order valence-corrected chi connectivity index (χ0v) is 15.4. The Hall–Kier alpha value is -3.29. The summed E-state index contributed by atoms with van der Waals surface area (Å²) in [7, 11) is 0. The highest BCUT2D eigenvalue weighted by atomic mass is 19.2. The minimum atomic E-state index is -1.15. The van der Waals surface area contributed by atoms with Crippen molar-refractivity contribution in [2.75, 3.05) is 6.61 Å². The van der Waals surface area contributed by atoms with Crippen LogP contribution in [0.2, 0.25) is 0 Å².